The van der Waals surface area contributed by atoms with E-state index in [1.165, 1.54) is 4.90 Å². The number of carbonyl (C=O) groups is 2. The minimum absolute atomic E-state index is 0.108. The van der Waals surface area contributed by atoms with Gasteiger partial charge in [-0.2, -0.15) is 0 Å². The molecule has 2 rings (SSSR count). The Labute approximate surface area is 132 Å². The smallest absolute Gasteiger partial charge is 0.416 e. The quantitative estimate of drug-likeness (QED) is 0.806. The largest absolute Gasteiger partial charge is 0.447 e. The molecule has 1 aliphatic heterocycles. The predicted octanol–water partition coefficient (Wildman–Crippen LogP) is 3.65. The second kappa shape index (κ2) is 7.43. The van der Waals surface area contributed by atoms with Gasteiger partial charge in [-0.25, -0.2) is 9.69 Å². The summed E-state index contributed by atoms with van der Waals surface area (Å²) in [6.07, 6.45) is 1.99. The molecule has 4 nitrogen and oxygen atoms in total. The highest BCUT2D eigenvalue weighted by Crippen LogP contribution is 2.23. The Morgan fingerprint density at radius 3 is 2.64 bits per heavy atom. The molecule has 0 N–H and O–H groups in total. The van der Waals surface area contributed by atoms with Gasteiger partial charge in [0.15, 0.2) is 0 Å². The van der Waals surface area contributed by atoms with Crippen LogP contribution in [0.15, 0.2) is 30.3 Å². The lowest BCUT2D eigenvalue weighted by atomic mass is 9.94. The van der Waals surface area contributed by atoms with Gasteiger partial charge in [-0.15, -0.1) is 0 Å². The summed E-state index contributed by atoms with van der Waals surface area (Å²) in [5, 5.41) is 0. The lowest BCUT2D eigenvalue weighted by Crippen LogP contribution is -2.43. The van der Waals surface area contributed by atoms with Gasteiger partial charge in [0.05, 0.1) is 6.04 Å². The summed E-state index contributed by atoms with van der Waals surface area (Å²) in [6, 6.07) is 9.70. The molecule has 1 heterocycles. The minimum atomic E-state index is -0.498. The summed E-state index contributed by atoms with van der Waals surface area (Å²) in [6.45, 7) is 6.44. The molecule has 22 heavy (non-hydrogen) atoms. The first-order valence-electron chi connectivity index (χ1n) is 8.06. The maximum absolute atomic E-state index is 12.6. The number of ether oxygens (including phenoxy) is 1. The summed E-state index contributed by atoms with van der Waals surface area (Å²) < 4.78 is 5.12. The minimum Gasteiger partial charge on any atom is -0.447 e. The van der Waals surface area contributed by atoms with Gasteiger partial charge in [-0.1, -0.05) is 57.5 Å². The van der Waals surface area contributed by atoms with Crippen molar-refractivity contribution in [2.45, 2.75) is 46.1 Å². The molecule has 1 aliphatic rings. The maximum Gasteiger partial charge on any atom is 0.416 e. The molecule has 1 aromatic rings. The number of amides is 2. The number of imide groups is 1. The number of rotatable bonds is 6. The zero-order chi connectivity index (χ0) is 16.1. The van der Waals surface area contributed by atoms with Gasteiger partial charge in [-0.3, -0.25) is 4.79 Å². The number of cyclic esters (lactones) is 1. The van der Waals surface area contributed by atoms with Crippen molar-refractivity contribution in [1.82, 2.24) is 4.90 Å². The number of hydrogen-bond donors (Lipinski definition) is 0. The zero-order valence-corrected chi connectivity index (χ0v) is 13.6. The molecular formula is C18H25NO3. The summed E-state index contributed by atoms with van der Waals surface area (Å²) in [5.41, 5.74) is 1.11. The van der Waals surface area contributed by atoms with E-state index < -0.39 is 6.09 Å². The zero-order valence-electron chi connectivity index (χ0n) is 13.6. The molecule has 1 aromatic carbocycles. The van der Waals surface area contributed by atoms with Crippen molar-refractivity contribution in [3.05, 3.63) is 35.9 Å². The van der Waals surface area contributed by atoms with Crippen molar-refractivity contribution in [1.29, 1.82) is 0 Å². The molecular weight excluding hydrogens is 278 g/mol. The highest BCUT2D eigenvalue weighted by Gasteiger charge is 2.39. The van der Waals surface area contributed by atoms with Crippen LogP contribution in [-0.4, -0.2) is 29.5 Å². The van der Waals surface area contributed by atoms with Crippen molar-refractivity contribution in [3.8, 4) is 0 Å². The van der Waals surface area contributed by atoms with Crippen LogP contribution in [0.2, 0.25) is 0 Å². The standard InChI is InChI=1S/C18H25NO3/c1-4-13(2)10-14(3)17(20)19-16(12-22-18(19)21)11-15-8-6-5-7-9-15/h5-9,13-14,16H,4,10-12H2,1-3H3/t13-,14+,16+/m0/s1. The maximum atomic E-state index is 12.6. The van der Waals surface area contributed by atoms with E-state index >= 15 is 0 Å². The van der Waals surface area contributed by atoms with E-state index in [0.29, 0.717) is 12.3 Å². The fraction of sp³-hybridized carbons (Fsp3) is 0.556. The molecule has 0 saturated carbocycles. The van der Waals surface area contributed by atoms with E-state index in [2.05, 4.69) is 13.8 Å². The molecule has 0 aromatic heterocycles. The van der Waals surface area contributed by atoms with Crippen LogP contribution in [0.5, 0.6) is 0 Å². The molecule has 0 aliphatic carbocycles. The Kier molecular flexibility index (Phi) is 5.58. The van der Waals surface area contributed by atoms with Gasteiger partial charge in [0.1, 0.15) is 6.61 Å². The van der Waals surface area contributed by atoms with Crippen molar-refractivity contribution in [2.75, 3.05) is 6.61 Å². The number of benzene rings is 1. The third kappa shape index (κ3) is 3.87. The fourth-order valence-electron chi connectivity index (χ4n) is 2.88. The predicted molar refractivity (Wildman–Crippen MR) is 85.4 cm³/mol. The molecule has 0 unspecified atom stereocenters. The Hall–Kier alpha value is -1.84. The van der Waals surface area contributed by atoms with E-state index in [0.717, 1.165) is 18.4 Å². The molecule has 0 spiro atoms. The number of hydrogen-bond acceptors (Lipinski definition) is 3. The van der Waals surface area contributed by atoms with Crippen LogP contribution < -0.4 is 0 Å². The Morgan fingerprint density at radius 2 is 2.00 bits per heavy atom. The van der Waals surface area contributed by atoms with E-state index in [4.69, 9.17) is 4.74 Å². The topological polar surface area (TPSA) is 46.6 Å². The lowest BCUT2D eigenvalue weighted by molar-refractivity contribution is -0.133. The van der Waals surface area contributed by atoms with E-state index in [1.54, 1.807) is 0 Å². The van der Waals surface area contributed by atoms with Crippen LogP contribution in [0.4, 0.5) is 4.79 Å². The number of carbonyl (C=O) groups excluding carboxylic acids is 2. The fourth-order valence-corrected chi connectivity index (χ4v) is 2.88. The molecule has 1 fully saturated rings. The van der Waals surface area contributed by atoms with Crippen LogP contribution in [-0.2, 0) is 16.0 Å². The first kappa shape index (κ1) is 16.5. The first-order chi connectivity index (χ1) is 10.5. The molecule has 2 amide bonds. The van der Waals surface area contributed by atoms with Gasteiger partial charge in [-0.05, 0) is 24.3 Å². The van der Waals surface area contributed by atoms with Gasteiger partial charge < -0.3 is 4.74 Å². The highest BCUT2D eigenvalue weighted by atomic mass is 16.6. The number of nitrogens with zero attached hydrogens (tertiary/aromatic N) is 1. The van der Waals surface area contributed by atoms with Crippen molar-refractivity contribution in [3.63, 3.8) is 0 Å². The summed E-state index contributed by atoms with van der Waals surface area (Å²) >= 11 is 0. The van der Waals surface area contributed by atoms with E-state index in [-0.39, 0.29) is 24.5 Å². The summed E-state index contributed by atoms with van der Waals surface area (Å²) in [4.78, 5) is 25.9. The van der Waals surface area contributed by atoms with Gasteiger partial charge in [0, 0.05) is 5.92 Å². The van der Waals surface area contributed by atoms with Crippen LogP contribution in [0.25, 0.3) is 0 Å². The average molecular weight is 303 g/mol. The summed E-state index contributed by atoms with van der Waals surface area (Å²) in [5.74, 6) is 0.216. The Morgan fingerprint density at radius 1 is 1.32 bits per heavy atom. The van der Waals surface area contributed by atoms with Gasteiger partial charge in [0.25, 0.3) is 0 Å². The second-order valence-electron chi connectivity index (χ2n) is 6.28. The highest BCUT2D eigenvalue weighted by molar-refractivity contribution is 5.94. The van der Waals surface area contributed by atoms with Crippen molar-refractivity contribution >= 4 is 12.0 Å². The third-order valence-electron chi connectivity index (χ3n) is 4.39. The molecule has 4 heteroatoms. The van der Waals surface area contributed by atoms with Crippen molar-refractivity contribution < 1.29 is 14.3 Å². The summed E-state index contributed by atoms with van der Waals surface area (Å²) in [7, 11) is 0. The third-order valence-corrected chi connectivity index (χ3v) is 4.39. The van der Waals surface area contributed by atoms with Gasteiger partial charge in [0.2, 0.25) is 5.91 Å². The molecule has 120 valence electrons. The van der Waals surface area contributed by atoms with Crippen LogP contribution in [0, 0.1) is 11.8 Å². The monoisotopic (exact) mass is 303 g/mol. The van der Waals surface area contributed by atoms with E-state index in [9.17, 15) is 9.59 Å². The van der Waals surface area contributed by atoms with E-state index in [1.807, 2.05) is 37.3 Å². The lowest BCUT2D eigenvalue weighted by Gasteiger charge is -2.24. The first-order valence-corrected chi connectivity index (χ1v) is 8.06. The second-order valence-corrected chi connectivity index (χ2v) is 6.28. The van der Waals surface area contributed by atoms with Crippen molar-refractivity contribution in [2.24, 2.45) is 11.8 Å². The Balaban J connectivity index is 2.05. The van der Waals surface area contributed by atoms with Crippen LogP contribution in [0.3, 0.4) is 0 Å². The van der Waals surface area contributed by atoms with Crippen LogP contribution in [0.1, 0.15) is 39.2 Å². The molecule has 0 radical (unpaired) electrons. The molecule has 1 saturated heterocycles. The SMILES string of the molecule is CC[C@H](C)C[C@@H](C)C(=O)N1C(=O)OC[C@H]1Cc1ccccc1. The van der Waals surface area contributed by atoms with Crippen LogP contribution >= 0.6 is 0 Å². The normalized spacial score (nSPS) is 20.6. The Bertz CT molecular complexity index is 514. The molecule has 0 bridgehead atoms. The average Bonchev–Trinajstić information content (AvgIpc) is 2.88. The van der Waals surface area contributed by atoms with Gasteiger partial charge >= 0.3 is 6.09 Å². The molecule has 3 atom stereocenters.